The molecule has 0 spiro atoms. The third kappa shape index (κ3) is 3.94. The van der Waals surface area contributed by atoms with Crippen LogP contribution in [-0.4, -0.2) is 25.6 Å². The van der Waals surface area contributed by atoms with Crippen LogP contribution in [0.1, 0.15) is 33.0 Å². The second-order valence-corrected chi connectivity index (χ2v) is 6.76. The number of carbonyl (C=O) groups is 2. The number of carbonyl (C=O) groups excluding carboxylic acids is 2. The summed E-state index contributed by atoms with van der Waals surface area (Å²) in [5.74, 6) is -0.165. The lowest BCUT2D eigenvalue weighted by Crippen LogP contribution is -2.20. The number of nitrogens with one attached hydrogen (secondary N) is 1. The van der Waals surface area contributed by atoms with Crippen LogP contribution >= 0.6 is 11.3 Å². The lowest BCUT2D eigenvalue weighted by atomic mass is 9.99. The van der Waals surface area contributed by atoms with Crippen LogP contribution in [0, 0.1) is 0 Å². The number of hydrogen-bond acceptors (Lipinski definition) is 5. The number of ether oxygens (including phenoxy) is 2. The molecule has 5 nitrogen and oxygen atoms in total. The van der Waals surface area contributed by atoms with E-state index < -0.39 is 5.97 Å². The van der Waals surface area contributed by atoms with E-state index in [9.17, 15) is 9.59 Å². The number of amides is 1. The van der Waals surface area contributed by atoms with Crippen LogP contribution in [0.25, 0.3) is 0 Å². The van der Waals surface area contributed by atoms with Gasteiger partial charge in [-0.25, -0.2) is 4.79 Å². The molecule has 0 fully saturated rings. The molecule has 1 aromatic carbocycles. The largest absolute Gasteiger partial charge is 0.497 e. The summed E-state index contributed by atoms with van der Waals surface area (Å²) in [6.07, 6.45) is 4.39. The summed E-state index contributed by atoms with van der Waals surface area (Å²) in [7, 11) is 1.56. The number of methoxy groups -OCH3 is 1. The Kier molecular flexibility index (Phi) is 5.15. The molecule has 0 saturated carbocycles. The Hall–Kier alpha value is -2.34. The van der Waals surface area contributed by atoms with Gasteiger partial charge in [0.25, 0.3) is 5.91 Å². The van der Waals surface area contributed by atoms with Crippen LogP contribution in [0.15, 0.2) is 30.3 Å². The smallest absolute Gasteiger partial charge is 0.348 e. The average Bonchev–Trinajstić information content (AvgIpc) is 3.04. The molecule has 0 aliphatic heterocycles. The molecular weight excluding hydrogens is 326 g/mol. The van der Waals surface area contributed by atoms with Crippen molar-refractivity contribution in [3.63, 3.8) is 0 Å². The quantitative estimate of drug-likeness (QED) is 0.843. The molecular formula is C18H19NO4S. The van der Waals surface area contributed by atoms with E-state index in [1.165, 1.54) is 34.6 Å². The minimum Gasteiger partial charge on any atom is -0.497 e. The zero-order valence-corrected chi connectivity index (χ0v) is 14.3. The number of anilines is 1. The molecule has 0 unspecified atom stereocenters. The Bertz CT molecular complexity index is 730. The number of rotatable bonds is 5. The van der Waals surface area contributed by atoms with E-state index in [1.807, 2.05) is 6.07 Å². The highest BCUT2D eigenvalue weighted by Crippen LogP contribution is 2.30. The first-order valence-corrected chi connectivity index (χ1v) is 8.70. The van der Waals surface area contributed by atoms with E-state index in [0.29, 0.717) is 16.3 Å². The van der Waals surface area contributed by atoms with Crippen molar-refractivity contribution in [3.05, 3.63) is 45.6 Å². The van der Waals surface area contributed by atoms with Crippen LogP contribution in [0.5, 0.6) is 5.75 Å². The molecule has 1 N–H and O–H groups in total. The van der Waals surface area contributed by atoms with E-state index in [0.717, 1.165) is 12.8 Å². The molecule has 3 rings (SSSR count). The molecule has 0 radical (unpaired) electrons. The van der Waals surface area contributed by atoms with Gasteiger partial charge in [-0.1, -0.05) is 6.07 Å². The summed E-state index contributed by atoms with van der Waals surface area (Å²) < 4.78 is 10.2. The molecule has 24 heavy (non-hydrogen) atoms. The lowest BCUT2D eigenvalue weighted by molar-refractivity contribution is -0.119. The van der Waals surface area contributed by atoms with Gasteiger partial charge in [0.05, 0.1) is 7.11 Å². The van der Waals surface area contributed by atoms with Crippen LogP contribution < -0.4 is 10.1 Å². The Morgan fingerprint density at radius 2 is 2.04 bits per heavy atom. The Labute approximate surface area is 144 Å². The Morgan fingerprint density at radius 3 is 2.83 bits per heavy atom. The van der Waals surface area contributed by atoms with E-state index in [-0.39, 0.29) is 12.5 Å². The van der Waals surface area contributed by atoms with E-state index >= 15 is 0 Å². The molecule has 0 bridgehead atoms. The van der Waals surface area contributed by atoms with Gasteiger partial charge in [-0.3, -0.25) is 4.79 Å². The van der Waals surface area contributed by atoms with Crippen LogP contribution in [0.3, 0.4) is 0 Å². The van der Waals surface area contributed by atoms with Gasteiger partial charge in [0.2, 0.25) is 0 Å². The first kappa shape index (κ1) is 16.5. The maximum Gasteiger partial charge on any atom is 0.348 e. The minimum absolute atomic E-state index is 0.307. The highest BCUT2D eigenvalue weighted by molar-refractivity contribution is 7.14. The second-order valence-electron chi connectivity index (χ2n) is 5.62. The van der Waals surface area contributed by atoms with Gasteiger partial charge in [0.1, 0.15) is 10.6 Å². The van der Waals surface area contributed by atoms with Gasteiger partial charge >= 0.3 is 5.97 Å². The maximum atomic E-state index is 12.1. The normalized spacial score (nSPS) is 13.0. The molecule has 1 aromatic heterocycles. The number of thiophene rings is 1. The van der Waals surface area contributed by atoms with Crippen molar-refractivity contribution in [3.8, 4) is 5.75 Å². The number of aryl methyl sites for hydroxylation is 2. The summed E-state index contributed by atoms with van der Waals surface area (Å²) in [6.45, 7) is -0.307. The van der Waals surface area contributed by atoms with Crippen molar-refractivity contribution in [2.24, 2.45) is 0 Å². The monoisotopic (exact) mass is 345 g/mol. The molecule has 6 heteroatoms. The predicted octanol–water partition coefficient (Wildman–Crippen LogP) is 3.43. The van der Waals surface area contributed by atoms with Crippen molar-refractivity contribution >= 4 is 28.9 Å². The Morgan fingerprint density at radius 1 is 1.21 bits per heavy atom. The van der Waals surface area contributed by atoms with Gasteiger partial charge in [-0.15, -0.1) is 11.3 Å². The SMILES string of the molecule is COc1cccc(NC(=O)COC(=O)c2cc3c(s2)CCCC3)c1. The summed E-state index contributed by atoms with van der Waals surface area (Å²) in [6, 6.07) is 8.91. The van der Waals surface area contributed by atoms with Crippen molar-refractivity contribution in [2.75, 3.05) is 19.0 Å². The van der Waals surface area contributed by atoms with E-state index in [2.05, 4.69) is 5.32 Å². The molecule has 1 aliphatic rings. The number of hydrogen-bond donors (Lipinski definition) is 1. The fraction of sp³-hybridized carbons (Fsp3) is 0.333. The number of fused-ring (bicyclic) bond motifs is 1. The molecule has 2 aromatic rings. The number of esters is 1. The van der Waals surface area contributed by atoms with Crippen LogP contribution in [0.4, 0.5) is 5.69 Å². The third-order valence-electron chi connectivity index (χ3n) is 3.89. The number of benzene rings is 1. The van der Waals surface area contributed by atoms with E-state index in [1.54, 1.807) is 31.4 Å². The minimum atomic E-state index is -0.435. The summed E-state index contributed by atoms with van der Waals surface area (Å²) in [5.41, 5.74) is 1.85. The van der Waals surface area contributed by atoms with Gasteiger partial charge in [-0.2, -0.15) is 0 Å². The summed E-state index contributed by atoms with van der Waals surface area (Å²) >= 11 is 1.48. The van der Waals surface area contributed by atoms with Gasteiger partial charge in [-0.05, 0) is 49.4 Å². The zero-order valence-electron chi connectivity index (χ0n) is 13.5. The summed E-state index contributed by atoms with van der Waals surface area (Å²) in [4.78, 5) is 25.9. The fourth-order valence-corrected chi connectivity index (χ4v) is 3.84. The highest BCUT2D eigenvalue weighted by Gasteiger charge is 2.18. The molecule has 1 heterocycles. The predicted molar refractivity (Wildman–Crippen MR) is 92.9 cm³/mol. The van der Waals surface area contributed by atoms with Crippen molar-refractivity contribution in [1.29, 1.82) is 0 Å². The van der Waals surface area contributed by atoms with Gasteiger partial charge in [0, 0.05) is 16.6 Å². The molecule has 126 valence electrons. The maximum absolute atomic E-state index is 12.1. The average molecular weight is 345 g/mol. The lowest BCUT2D eigenvalue weighted by Gasteiger charge is -2.08. The van der Waals surface area contributed by atoms with Crippen molar-refractivity contribution in [2.45, 2.75) is 25.7 Å². The second kappa shape index (κ2) is 7.49. The van der Waals surface area contributed by atoms with Crippen molar-refractivity contribution < 1.29 is 19.1 Å². The first-order chi connectivity index (χ1) is 11.7. The van der Waals surface area contributed by atoms with Crippen LogP contribution in [0.2, 0.25) is 0 Å². The van der Waals surface area contributed by atoms with Crippen molar-refractivity contribution in [1.82, 2.24) is 0 Å². The Balaban J connectivity index is 1.53. The van der Waals surface area contributed by atoms with Crippen LogP contribution in [-0.2, 0) is 22.4 Å². The fourth-order valence-electron chi connectivity index (χ4n) is 2.69. The molecule has 1 aliphatic carbocycles. The van der Waals surface area contributed by atoms with E-state index in [4.69, 9.17) is 9.47 Å². The standard InChI is InChI=1S/C18H19NO4S/c1-22-14-7-4-6-13(10-14)19-17(20)11-23-18(21)16-9-12-5-2-3-8-15(12)24-16/h4,6-7,9-10H,2-3,5,8,11H2,1H3,(H,19,20). The topological polar surface area (TPSA) is 64.6 Å². The third-order valence-corrected chi connectivity index (χ3v) is 5.10. The zero-order chi connectivity index (χ0) is 16.9. The summed E-state index contributed by atoms with van der Waals surface area (Å²) in [5, 5.41) is 2.68. The van der Waals surface area contributed by atoms with Gasteiger partial charge < -0.3 is 14.8 Å². The van der Waals surface area contributed by atoms with Gasteiger partial charge in [0.15, 0.2) is 6.61 Å². The molecule has 0 atom stereocenters. The molecule has 1 amide bonds. The highest BCUT2D eigenvalue weighted by atomic mass is 32.1. The molecule has 0 saturated heterocycles. The first-order valence-electron chi connectivity index (χ1n) is 7.88.